The first kappa shape index (κ1) is 111. The van der Waals surface area contributed by atoms with Crippen LogP contribution in [0.4, 0.5) is 158 Å². The van der Waals surface area contributed by atoms with Crippen LogP contribution in [-0.4, -0.2) is 227 Å². The molecule has 13 nitrogen and oxygen atoms in total. The zero-order valence-corrected chi connectivity index (χ0v) is 63.7. The highest BCUT2D eigenvalue weighted by Gasteiger charge is 2.97. The number of halogens is 36. The highest BCUT2D eigenvalue weighted by molar-refractivity contribution is 6.61. The molecule has 107 heavy (non-hydrogen) atoms. The minimum atomic E-state index is -8.71. The quantitative estimate of drug-likeness (QED) is 0.0327. The minimum absolute atomic E-state index is 0.125. The molecule has 0 aromatic heterocycles. The van der Waals surface area contributed by atoms with Crippen molar-refractivity contribution in [2.75, 3.05) is 90.0 Å². The molecule has 0 rings (SSSR count). The first-order valence-corrected chi connectivity index (χ1v) is 39.0. The number of hydrogen-bond acceptors (Lipinski definition) is 13. The first-order chi connectivity index (χ1) is 47.9. The zero-order valence-electron chi connectivity index (χ0n) is 59.7. The molecule has 0 aliphatic rings. The van der Waals surface area contributed by atoms with E-state index in [1.54, 1.807) is 21.3 Å². The summed E-state index contributed by atoms with van der Waals surface area (Å²) in [6, 6.07) is -0.534. The topological polar surface area (TPSA) is 120 Å². The largest absolute Gasteiger partial charge is 0.528 e. The molecule has 0 aliphatic heterocycles. The van der Waals surface area contributed by atoms with Crippen LogP contribution in [0.15, 0.2) is 0 Å². The van der Waals surface area contributed by atoms with Crippen LogP contribution in [-0.2, 0) is 57.8 Å². The third kappa shape index (κ3) is 26.7. The lowest BCUT2D eigenvalue weighted by Gasteiger charge is -2.43. The minimum Gasteiger partial charge on any atom is -0.377 e. The molecule has 0 bridgehead atoms. The van der Waals surface area contributed by atoms with Gasteiger partial charge in [0.25, 0.3) is 0 Å². The van der Waals surface area contributed by atoms with Crippen LogP contribution in [0.25, 0.3) is 0 Å². The molecule has 0 aromatic carbocycles. The van der Waals surface area contributed by atoms with E-state index in [1.807, 2.05) is 0 Å². The van der Waals surface area contributed by atoms with Gasteiger partial charge in [-0.2, -0.15) is 149 Å². The van der Waals surface area contributed by atoms with E-state index in [4.69, 9.17) is 39.8 Å². The lowest BCUT2D eigenvalue weighted by Crippen LogP contribution is -2.74. The van der Waals surface area contributed by atoms with E-state index in [-0.39, 0.29) is 12.5 Å². The molecule has 0 aromatic rings. The highest BCUT2D eigenvalue weighted by atomic mass is 28.4. The molecule has 0 unspecified atom stereocenters. The molecule has 0 saturated heterocycles. The van der Waals surface area contributed by atoms with Gasteiger partial charge >= 0.3 is 131 Å². The van der Waals surface area contributed by atoms with Gasteiger partial charge in [-0.15, -0.1) is 0 Å². The molecule has 0 fully saturated rings. The van der Waals surface area contributed by atoms with Crippen LogP contribution in [0, 0.1) is 0 Å². The van der Waals surface area contributed by atoms with Gasteiger partial charge in [0.15, 0.2) is 0 Å². The predicted octanol–water partition coefficient (Wildman–Crippen LogP) is 21.1. The van der Waals surface area contributed by atoms with Gasteiger partial charge in [-0.3, -0.25) is 0 Å². The van der Waals surface area contributed by atoms with Crippen LogP contribution in [0.3, 0.4) is 0 Å². The summed E-state index contributed by atoms with van der Waals surface area (Å²) in [5.41, 5.74) is 0. The van der Waals surface area contributed by atoms with Gasteiger partial charge in [0.2, 0.25) is 5.92 Å². The van der Waals surface area contributed by atoms with Crippen molar-refractivity contribution in [2.45, 2.75) is 257 Å². The summed E-state index contributed by atoms with van der Waals surface area (Å²) >= 11 is 0. The summed E-state index contributed by atoms with van der Waals surface area (Å²) in [4.78, 5) is 0. The summed E-state index contributed by atoms with van der Waals surface area (Å²) < 4.78 is 536. The molecular formula is C54H88F36O13Si4. The molecule has 0 N–H and O–H groups in total. The number of alkyl halides is 36. The Hall–Kier alpha value is -2.17. The predicted molar refractivity (Wildman–Crippen MR) is 313 cm³/mol. The number of rotatable bonds is 51. The van der Waals surface area contributed by atoms with Crippen molar-refractivity contribution in [2.24, 2.45) is 0 Å². The van der Waals surface area contributed by atoms with Crippen molar-refractivity contribution >= 4 is 35.2 Å². The van der Waals surface area contributed by atoms with Crippen molar-refractivity contribution < 1.29 is 216 Å². The maximum atomic E-state index is 13.9. The zero-order chi connectivity index (χ0) is 86.0. The molecule has 0 atom stereocenters. The van der Waals surface area contributed by atoms with Crippen LogP contribution in [0.2, 0.25) is 18.1 Å². The van der Waals surface area contributed by atoms with Crippen LogP contribution in [0.1, 0.15) is 137 Å². The van der Waals surface area contributed by atoms with Gasteiger partial charge in [0, 0.05) is 115 Å². The van der Waals surface area contributed by atoms with Gasteiger partial charge in [-0.1, -0.05) is 90.4 Å². The Labute approximate surface area is 597 Å². The summed E-state index contributed by atoms with van der Waals surface area (Å²) in [6.07, 6.45) is -8.26. The SMILES string of the molecule is CCCCCCCCCCCCCCCC[Si](OC)(OC)OC.CCO[Si](COC(F)(F)C(F)(F)C(F)(F)C(F)(F)C(F)(F)C(F)(F)C(F)(F)C(F)(F)F)(OCC)OCC.CO[Si](CCC(C)(F)F)(OC)OC.CO[Si](CCC(F)(F)C(F)(F)C(F)(F)C(F)(F)C(F)(F)C(F)(F)C(F)(F)C(F)(F)F)(OC)OC. The molecule has 0 saturated carbocycles. The molecule has 53 heteroatoms. The van der Waals surface area contributed by atoms with E-state index in [9.17, 15) is 158 Å². The molecule has 0 radical (unpaired) electrons. The fourth-order valence-corrected chi connectivity index (χ4v) is 16.1. The second-order valence-electron chi connectivity index (χ2n) is 22.7. The third-order valence-corrected chi connectivity index (χ3v) is 26.2. The molecule has 0 heterocycles. The van der Waals surface area contributed by atoms with E-state index in [1.165, 1.54) is 105 Å². The Morgan fingerprint density at radius 3 is 0.682 bits per heavy atom. The van der Waals surface area contributed by atoms with Crippen molar-refractivity contribution in [3.63, 3.8) is 0 Å². The summed E-state index contributed by atoms with van der Waals surface area (Å²) in [5, 5.41) is 0. The van der Waals surface area contributed by atoms with Gasteiger partial charge in [-0.05, 0) is 34.1 Å². The molecule has 0 amide bonds. The average Bonchev–Trinajstić information content (AvgIpc) is 0.703. The molecule has 0 aliphatic carbocycles. The van der Waals surface area contributed by atoms with Crippen LogP contribution < -0.4 is 0 Å². The first-order valence-electron chi connectivity index (χ1n) is 31.2. The molecular weight excluding hydrogens is 1650 g/mol. The van der Waals surface area contributed by atoms with Crippen molar-refractivity contribution in [1.29, 1.82) is 0 Å². The van der Waals surface area contributed by atoms with Gasteiger partial charge in [0.1, 0.15) is 6.23 Å². The normalized spacial score (nSPS) is 14.9. The van der Waals surface area contributed by atoms with Crippen molar-refractivity contribution in [3.05, 3.63) is 0 Å². The van der Waals surface area contributed by atoms with Gasteiger partial charge < -0.3 is 57.8 Å². The Bertz CT molecular complexity index is 2400. The monoisotopic (exact) mass is 1740 g/mol. The van der Waals surface area contributed by atoms with E-state index in [0.717, 1.165) is 40.2 Å². The third-order valence-electron chi connectivity index (χ3n) is 15.3. The maximum Gasteiger partial charge on any atom is 0.528 e. The van der Waals surface area contributed by atoms with Crippen LogP contribution in [0.5, 0.6) is 0 Å². The maximum absolute atomic E-state index is 13.9. The Morgan fingerprint density at radius 2 is 0.449 bits per heavy atom. The van der Waals surface area contributed by atoms with Crippen molar-refractivity contribution in [1.82, 2.24) is 0 Å². The second kappa shape index (κ2) is 43.0. The number of ether oxygens (including phenoxy) is 1. The fraction of sp³-hybridized carbons (Fsp3) is 1.00. The number of unbranched alkanes of at least 4 members (excludes halogenated alkanes) is 13. The highest BCUT2D eigenvalue weighted by Crippen LogP contribution is 2.66. The van der Waals surface area contributed by atoms with E-state index >= 15 is 0 Å². The summed E-state index contributed by atoms with van der Waals surface area (Å²) in [6.45, 7) is 5.07. The van der Waals surface area contributed by atoms with Gasteiger partial charge in [0.05, 0.1) is 0 Å². The van der Waals surface area contributed by atoms with Crippen molar-refractivity contribution in [3.8, 4) is 0 Å². The Kier molecular flexibility index (Phi) is 44.6. The second-order valence-corrected chi connectivity index (χ2v) is 34.5. The lowest BCUT2D eigenvalue weighted by atomic mass is 9.88. The van der Waals surface area contributed by atoms with Crippen LogP contribution >= 0.6 is 0 Å². The molecule has 650 valence electrons. The van der Waals surface area contributed by atoms with E-state index in [2.05, 4.69) is 24.9 Å². The average molecular weight is 1740 g/mol. The van der Waals surface area contributed by atoms with E-state index < -0.39 is 175 Å². The molecule has 0 spiro atoms. The Morgan fingerprint density at radius 1 is 0.234 bits per heavy atom. The summed E-state index contributed by atoms with van der Waals surface area (Å²) in [5.74, 6) is -110. The number of hydrogen-bond donors (Lipinski definition) is 0. The smallest absolute Gasteiger partial charge is 0.377 e. The van der Waals surface area contributed by atoms with E-state index in [0.29, 0.717) is 21.3 Å². The summed E-state index contributed by atoms with van der Waals surface area (Å²) in [7, 11) is -2.82. The lowest BCUT2D eigenvalue weighted by molar-refractivity contribution is -0.477. The Balaban J connectivity index is -0.000000698. The standard InChI is InChI=1S/C19H42O3Si.C15H17F17O4Si.C13H13F17O3Si.C7H16F2O3Si/c1-5-6-7-8-9-10-11-12-13-14-15-16-17-18-19-23(20-2,21-3)22-4;1-4-34-37(35-5-2,36-6-3)7-33-15(31,32)13(26,27)11(22,23)9(18,19)8(16,17)10(20,21)12(24,25)14(28,29)30;1-31-34(32-2,33-3)5-4-6(14,15)7(16,17)8(18,19)9(20,21)10(22,23)11(24,25)12(26,27)13(28,29)30;1-7(8,9)5-6-13(10-2,11-3)12-4/h5-19H2,1-4H3;4-7H2,1-3H3;4-5H2,1-3H3;5-6H2,1-4H3. The fourth-order valence-electron chi connectivity index (χ4n) is 8.57. The van der Waals surface area contributed by atoms with Gasteiger partial charge in [-0.25, -0.2) is 8.78 Å².